The predicted molar refractivity (Wildman–Crippen MR) is 193 cm³/mol. The summed E-state index contributed by atoms with van der Waals surface area (Å²) in [6.45, 7) is 10.1. The van der Waals surface area contributed by atoms with Gasteiger partial charge in [-0.05, 0) is 37.5 Å². The summed E-state index contributed by atoms with van der Waals surface area (Å²) in [5.41, 5.74) is -1.04. The molecule has 1 aliphatic carbocycles. The fraction of sp³-hybridized carbons (Fsp3) is 0.951. The van der Waals surface area contributed by atoms with Crippen molar-refractivity contribution in [3.05, 3.63) is 0 Å². The first-order chi connectivity index (χ1) is 21.9. The molecule has 0 amide bonds. The van der Waals surface area contributed by atoms with Crippen molar-refractivity contribution in [2.75, 3.05) is 13.2 Å². The Bertz CT molecular complexity index is 627. The van der Waals surface area contributed by atoms with E-state index in [0.717, 1.165) is 50.4 Å². The van der Waals surface area contributed by atoms with Crippen molar-refractivity contribution in [1.29, 1.82) is 0 Å². The Morgan fingerprint density at radius 3 is 0.933 bits per heavy atom. The van der Waals surface area contributed by atoms with E-state index in [-0.39, 0.29) is 11.9 Å². The Kier molecular flexibility index (Phi) is 27.1. The van der Waals surface area contributed by atoms with Crippen LogP contribution in [0, 0.1) is 17.3 Å². The molecule has 4 heteroatoms. The maximum atomic E-state index is 13.0. The molecule has 0 atom stereocenters. The Hall–Kier alpha value is -1.06. The van der Waals surface area contributed by atoms with Gasteiger partial charge in [-0.1, -0.05) is 195 Å². The summed E-state index contributed by atoms with van der Waals surface area (Å²) in [6, 6.07) is 0. The van der Waals surface area contributed by atoms with E-state index in [9.17, 15) is 9.59 Å². The van der Waals surface area contributed by atoms with Crippen molar-refractivity contribution in [2.24, 2.45) is 17.3 Å². The van der Waals surface area contributed by atoms with E-state index in [2.05, 4.69) is 27.7 Å². The summed E-state index contributed by atoms with van der Waals surface area (Å²) in [6.07, 6.45) is 36.8. The Labute approximate surface area is 281 Å². The molecule has 1 aliphatic rings. The van der Waals surface area contributed by atoms with E-state index in [4.69, 9.17) is 9.47 Å². The van der Waals surface area contributed by atoms with Crippen LogP contribution >= 0.6 is 0 Å². The molecule has 1 fully saturated rings. The van der Waals surface area contributed by atoms with Gasteiger partial charge in [-0.25, -0.2) is 0 Å². The molecule has 0 aromatic carbocycles. The van der Waals surface area contributed by atoms with Crippen LogP contribution in [0.2, 0.25) is 0 Å². The maximum absolute atomic E-state index is 13.0. The van der Waals surface area contributed by atoms with Crippen molar-refractivity contribution in [3.8, 4) is 0 Å². The fourth-order valence-electron chi connectivity index (χ4n) is 6.92. The number of ether oxygens (including phenoxy) is 2. The first-order valence-electron chi connectivity index (χ1n) is 20.2. The molecule has 266 valence electrons. The standard InChI is InChI=1S/C41H78O4/c1-37(2)31-25-21-17-13-9-5-7-11-15-19-23-29-35-44-39(42)41(33-27-28-34-41)40(43)45-36-30-24-20-16-12-8-6-10-14-18-22-26-32-38(3)4/h37-38H,5-36H2,1-4H3. The number of hydrogen-bond donors (Lipinski definition) is 0. The van der Waals surface area contributed by atoms with Crippen LogP contribution < -0.4 is 0 Å². The third-order valence-corrected chi connectivity index (χ3v) is 10.1. The van der Waals surface area contributed by atoms with Crippen LogP contribution in [0.3, 0.4) is 0 Å². The molecule has 0 aliphatic heterocycles. The molecule has 0 aromatic heterocycles. The average Bonchev–Trinajstić information content (AvgIpc) is 3.52. The quantitative estimate of drug-likeness (QED) is 0.0420. The summed E-state index contributed by atoms with van der Waals surface area (Å²) in [4.78, 5) is 26.0. The van der Waals surface area contributed by atoms with Gasteiger partial charge in [0.1, 0.15) is 0 Å². The number of carbonyl (C=O) groups is 2. The average molecular weight is 635 g/mol. The van der Waals surface area contributed by atoms with Crippen LogP contribution in [0.25, 0.3) is 0 Å². The molecule has 45 heavy (non-hydrogen) atoms. The lowest BCUT2D eigenvalue weighted by Gasteiger charge is -2.24. The van der Waals surface area contributed by atoms with Crippen molar-refractivity contribution in [2.45, 2.75) is 220 Å². The van der Waals surface area contributed by atoms with Crippen LogP contribution in [0.1, 0.15) is 220 Å². The van der Waals surface area contributed by atoms with E-state index >= 15 is 0 Å². The Morgan fingerprint density at radius 1 is 0.422 bits per heavy atom. The van der Waals surface area contributed by atoms with Crippen LogP contribution in [-0.4, -0.2) is 25.2 Å². The van der Waals surface area contributed by atoms with Crippen molar-refractivity contribution in [1.82, 2.24) is 0 Å². The van der Waals surface area contributed by atoms with E-state index < -0.39 is 5.41 Å². The van der Waals surface area contributed by atoms with Gasteiger partial charge in [0.25, 0.3) is 0 Å². The molecule has 4 nitrogen and oxygen atoms in total. The molecular weight excluding hydrogens is 556 g/mol. The molecular formula is C41H78O4. The summed E-state index contributed by atoms with van der Waals surface area (Å²) in [5, 5.41) is 0. The molecule has 0 aromatic rings. The summed E-state index contributed by atoms with van der Waals surface area (Å²) >= 11 is 0. The van der Waals surface area contributed by atoms with Gasteiger partial charge in [0.05, 0.1) is 13.2 Å². The lowest BCUT2D eigenvalue weighted by Crippen LogP contribution is -2.40. The zero-order valence-electron chi connectivity index (χ0n) is 30.9. The lowest BCUT2D eigenvalue weighted by molar-refractivity contribution is -0.172. The minimum absolute atomic E-state index is 0.329. The topological polar surface area (TPSA) is 52.6 Å². The van der Waals surface area contributed by atoms with E-state index in [1.807, 2.05) is 0 Å². The number of esters is 2. The highest BCUT2D eigenvalue weighted by Crippen LogP contribution is 2.40. The molecule has 0 heterocycles. The summed E-state index contributed by atoms with van der Waals surface area (Å²) in [5.74, 6) is 1.04. The zero-order chi connectivity index (χ0) is 32.9. The van der Waals surface area contributed by atoms with Gasteiger partial charge in [-0.2, -0.15) is 0 Å². The molecule has 1 rings (SSSR count). The third-order valence-electron chi connectivity index (χ3n) is 10.1. The van der Waals surface area contributed by atoms with Gasteiger partial charge in [0, 0.05) is 0 Å². The molecule has 0 N–H and O–H groups in total. The minimum atomic E-state index is -1.04. The first kappa shape index (κ1) is 42.0. The predicted octanol–water partition coefficient (Wildman–Crippen LogP) is 13.1. The molecule has 0 saturated heterocycles. The van der Waals surface area contributed by atoms with Crippen LogP contribution in [0.5, 0.6) is 0 Å². The molecule has 1 saturated carbocycles. The SMILES string of the molecule is CC(C)CCCCCCCCCCCCCCOC(=O)C1(C(=O)OCCCCCCCCCCCCCCC(C)C)CCCC1. The number of unbranched alkanes of at least 4 members (excludes halogenated alkanes) is 22. The molecule has 0 spiro atoms. The third kappa shape index (κ3) is 23.0. The maximum Gasteiger partial charge on any atom is 0.323 e. The van der Waals surface area contributed by atoms with Crippen molar-refractivity contribution in [3.63, 3.8) is 0 Å². The zero-order valence-corrected chi connectivity index (χ0v) is 30.9. The second kappa shape index (κ2) is 29.1. The number of carbonyl (C=O) groups excluding carboxylic acids is 2. The van der Waals surface area contributed by atoms with E-state index in [1.165, 1.54) is 141 Å². The van der Waals surface area contributed by atoms with Gasteiger partial charge >= 0.3 is 11.9 Å². The minimum Gasteiger partial charge on any atom is -0.465 e. The lowest BCUT2D eigenvalue weighted by atomic mass is 9.86. The van der Waals surface area contributed by atoms with Crippen LogP contribution in [0.15, 0.2) is 0 Å². The fourth-order valence-corrected chi connectivity index (χ4v) is 6.92. The van der Waals surface area contributed by atoms with E-state index in [0.29, 0.717) is 26.1 Å². The van der Waals surface area contributed by atoms with E-state index in [1.54, 1.807) is 0 Å². The van der Waals surface area contributed by atoms with Gasteiger partial charge < -0.3 is 9.47 Å². The van der Waals surface area contributed by atoms with Crippen molar-refractivity contribution < 1.29 is 19.1 Å². The molecule has 0 bridgehead atoms. The second-order valence-corrected chi connectivity index (χ2v) is 15.4. The highest BCUT2D eigenvalue weighted by Gasteiger charge is 2.50. The Balaban J connectivity index is 1.99. The highest BCUT2D eigenvalue weighted by molar-refractivity contribution is 6.00. The second-order valence-electron chi connectivity index (χ2n) is 15.4. The normalized spacial score (nSPS) is 14.4. The van der Waals surface area contributed by atoms with Gasteiger partial charge in [0.15, 0.2) is 5.41 Å². The number of hydrogen-bond acceptors (Lipinski definition) is 4. The molecule has 0 unspecified atom stereocenters. The smallest absolute Gasteiger partial charge is 0.323 e. The summed E-state index contributed by atoms with van der Waals surface area (Å²) < 4.78 is 11.3. The van der Waals surface area contributed by atoms with Crippen LogP contribution in [0.4, 0.5) is 0 Å². The summed E-state index contributed by atoms with van der Waals surface area (Å²) in [7, 11) is 0. The monoisotopic (exact) mass is 635 g/mol. The number of rotatable bonds is 32. The van der Waals surface area contributed by atoms with Gasteiger partial charge in [-0.15, -0.1) is 0 Å². The van der Waals surface area contributed by atoms with Crippen molar-refractivity contribution >= 4 is 11.9 Å². The largest absolute Gasteiger partial charge is 0.465 e. The Morgan fingerprint density at radius 2 is 0.667 bits per heavy atom. The van der Waals surface area contributed by atoms with Crippen LogP contribution in [-0.2, 0) is 19.1 Å². The van der Waals surface area contributed by atoms with Gasteiger partial charge in [-0.3, -0.25) is 9.59 Å². The first-order valence-corrected chi connectivity index (χ1v) is 20.2. The van der Waals surface area contributed by atoms with Gasteiger partial charge in [0.2, 0.25) is 0 Å². The highest BCUT2D eigenvalue weighted by atomic mass is 16.6. The molecule has 0 radical (unpaired) electrons.